The Balaban J connectivity index is 3.13. The minimum atomic E-state index is -2.56. The summed E-state index contributed by atoms with van der Waals surface area (Å²) < 4.78 is 13.8. The predicted molar refractivity (Wildman–Crippen MR) is 71.7 cm³/mol. The molecular formula is C12H18N2O2S. The molecular weight excluding hydrogens is 236 g/mol. The maximum Gasteiger partial charge on any atom is 0.281 e. The molecule has 94 valence electrons. The summed E-state index contributed by atoms with van der Waals surface area (Å²) in [6, 6.07) is 3.74. The Hall–Kier alpha value is -1.36. The fourth-order valence-corrected chi connectivity index (χ4v) is 1.83. The van der Waals surface area contributed by atoms with E-state index in [0.29, 0.717) is 5.69 Å². The van der Waals surface area contributed by atoms with Crippen LogP contribution in [0, 0.1) is 6.92 Å². The molecule has 1 amide bonds. The van der Waals surface area contributed by atoms with Crippen molar-refractivity contribution in [3.63, 3.8) is 0 Å². The molecule has 17 heavy (non-hydrogen) atoms. The van der Waals surface area contributed by atoms with Gasteiger partial charge in [0.15, 0.2) is 0 Å². The quantitative estimate of drug-likeness (QED) is 0.832. The molecule has 0 fully saturated rings. The molecule has 1 aromatic rings. The van der Waals surface area contributed by atoms with E-state index in [1.807, 2.05) is 26.0 Å². The molecule has 0 aromatic carbocycles. The minimum absolute atomic E-state index is 0.243. The summed E-state index contributed by atoms with van der Waals surface area (Å²) in [5, 5.41) is 0. The molecule has 0 bridgehead atoms. The van der Waals surface area contributed by atoms with Gasteiger partial charge in [0.2, 0.25) is 0 Å². The number of carbonyl (C=O) groups excluding carboxylic acids is 1. The first kappa shape index (κ1) is 13.7. The highest BCUT2D eigenvalue weighted by Gasteiger charge is 2.14. The molecule has 1 rings (SSSR count). The van der Waals surface area contributed by atoms with Gasteiger partial charge in [0.05, 0.1) is 0 Å². The lowest BCUT2D eigenvalue weighted by atomic mass is 10.1. The number of pyridine rings is 1. The van der Waals surface area contributed by atoms with Crippen molar-refractivity contribution in [1.29, 1.82) is 0 Å². The van der Waals surface area contributed by atoms with Gasteiger partial charge in [-0.05, 0) is 30.3 Å². The van der Waals surface area contributed by atoms with Crippen LogP contribution in [0.4, 0.5) is 0 Å². The maximum absolute atomic E-state index is 11.9. The second-order valence-corrected chi connectivity index (χ2v) is 6.71. The number of nitrogens with one attached hydrogen (secondary N) is 1. The zero-order valence-corrected chi connectivity index (χ0v) is 11.4. The molecule has 1 N–H and O–H groups in total. The van der Waals surface area contributed by atoms with Crippen LogP contribution in [-0.2, 0) is 9.71 Å². The van der Waals surface area contributed by atoms with Crippen molar-refractivity contribution in [3.8, 4) is 0 Å². The van der Waals surface area contributed by atoms with Crippen molar-refractivity contribution in [2.24, 2.45) is 0 Å². The lowest BCUT2D eigenvalue weighted by molar-refractivity contribution is 0.0977. The predicted octanol–water partition coefficient (Wildman–Crippen LogP) is 1.50. The third kappa shape index (κ3) is 3.85. The second-order valence-electron chi connectivity index (χ2n) is 4.49. The van der Waals surface area contributed by atoms with E-state index in [9.17, 15) is 9.00 Å². The Morgan fingerprint density at radius 1 is 1.47 bits per heavy atom. The molecule has 0 spiro atoms. The van der Waals surface area contributed by atoms with Gasteiger partial charge in [-0.15, -0.1) is 0 Å². The van der Waals surface area contributed by atoms with Crippen molar-refractivity contribution in [1.82, 2.24) is 9.71 Å². The van der Waals surface area contributed by atoms with Gasteiger partial charge in [-0.3, -0.25) is 9.52 Å². The molecule has 0 aliphatic heterocycles. The average molecular weight is 254 g/mol. The highest BCUT2D eigenvalue weighted by molar-refractivity contribution is 7.98. The molecule has 0 saturated heterocycles. The van der Waals surface area contributed by atoms with Gasteiger partial charge in [0.25, 0.3) is 5.91 Å². The largest absolute Gasteiger partial charge is 0.281 e. The van der Waals surface area contributed by atoms with Crippen molar-refractivity contribution in [3.05, 3.63) is 29.1 Å². The Bertz CT molecular complexity index is 533. The number of rotatable bonds is 3. The van der Waals surface area contributed by atoms with Gasteiger partial charge in [0, 0.05) is 21.7 Å². The van der Waals surface area contributed by atoms with Crippen LogP contribution in [0.25, 0.3) is 0 Å². The summed E-state index contributed by atoms with van der Waals surface area (Å²) >= 11 is 0. The maximum atomic E-state index is 11.9. The number of aryl methyl sites for hydroxylation is 1. The third-order valence-corrected chi connectivity index (χ3v) is 2.85. The molecule has 1 unspecified atom stereocenters. The number of hydrogen-bond acceptors (Lipinski definition) is 3. The summed E-state index contributed by atoms with van der Waals surface area (Å²) in [5.41, 5.74) is 1.91. The van der Waals surface area contributed by atoms with Crippen LogP contribution >= 0.6 is 0 Å². The van der Waals surface area contributed by atoms with Crippen LogP contribution in [0.3, 0.4) is 0 Å². The lowest BCUT2D eigenvalue weighted by Crippen LogP contribution is -2.30. The Morgan fingerprint density at radius 2 is 2.06 bits per heavy atom. The van der Waals surface area contributed by atoms with Crippen LogP contribution in [0.5, 0.6) is 0 Å². The second kappa shape index (κ2) is 4.87. The van der Waals surface area contributed by atoms with Gasteiger partial charge in [-0.2, -0.15) is 0 Å². The standard InChI is InChI=1S/C12H18N2O2S/c1-8(2)10-7-6-9(3)11(13-10)12(15)14-17(4,5)16/h6-8H,4H2,1-3,5H3,(H,14,15,16). The highest BCUT2D eigenvalue weighted by atomic mass is 32.2. The van der Waals surface area contributed by atoms with E-state index in [0.717, 1.165) is 11.3 Å². The lowest BCUT2D eigenvalue weighted by Gasteiger charge is -2.11. The Kier molecular flexibility index (Phi) is 3.93. The van der Waals surface area contributed by atoms with E-state index in [1.54, 1.807) is 6.92 Å². The van der Waals surface area contributed by atoms with E-state index >= 15 is 0 Å². The average Bonchev–Trinajstić information content (AvgIpc) is 2.14. The third-order valence-electron chi connectivity index (χ3n) is 2.23. The van der Waals surface area contributed by atoms with Gasteiger partial charge in [0.1, 0.15) is 5.69 Å². The molecule has 1 aromatic heterocycles. The van der Waals surface area contributed by atoms with Crippen LogP contribution in [-0.4, -0.2) is 27.2 Å². The smallest absolute Gasteiger partial charge is 0.278 e. The first-order valence-corrected chi connectivity index (χ1v) is 7.46. The van der Waals surface area contributed by atoms with Gasteiger partial charge < -0.3 is 0 Å². The van der Waals surface area contributed by atoms with E-state index in [1.165, 1.54) is 6.26 Å². The zero-order chi connectivity index (χ0) is 13.2. The molecule has 1 heterocycles. The van der Waals surface area contributed by atoms with E-state index in [2.05, 4.69) is 15.6 Å². The molecule has 5 heteroatoms. The first-order chi connectivity index (χ1) is 7.70. The SMILES string of the molecule is C=S(C)(=O)NC(=O)c1nc(C(C)C)ccc1C. The monoisotopic (exact) mass is 254 g/mol. The number of carbonyl (C=O) groups is 1. The van der Waals surface area contributed by atoms with Crippen LogP contribution in [0.15, 0.2) is 12.1 Å². The summed E-state index contributed by atoms with van der Waals surface area (Å²) in [5.74, 6) is 3.20. The summed E-state index contributed by atoms with van der Waals surface area (Å²) in [6.45, 7) is 5.81. The Morgan fingerprint density at radius 3 is 2.53 bits per heavy atom. The summed E-state index contributed by atoms with van der Waals surface area (Å²) in [4.78, 5) is 16.2. The molecule has 0 radical (unpaired) electrons. The molecule has 0 aliphatic rings. The number of nitrogens with zero attached hydrogens (tertiary/aromatic N) is 1. The topological polar surface area (TPSA) is 59.1 Å². The van der Waals surface area contributed by atoms with E-state index in [4.69, 9.17) is 0 Å². The highest BCUT2D eigenvalue weighted by Crippen LogP contribution is 2.14. The zero-order valence-electron chi connectivity index (χ0n) is 10.6. The first-order valence-electron chi connectivity index (χ1n) is 5.32. The van der Waals surface area contributed by atoms with Gasteiger partial charge in [-0.25, -0.2) is 9.19 Å². The van der Waals surface area contributed by atoms with Crippen molar-refractivity contribution >= 4 is 21.5 Å². The van der Waals surface area contributed by atoms with Crippen molar-refractivity contribution in [2.45, 2.75) is 26.7 Å². The van der Waals surface area contributed by atoms with Gasteiger partial charge >= 0.3 is 0 Å². The normalized spacial score (nSPS) is 14.4. The fourth-order valence-electron chi connectivity index (χ4n) is 1.34. The van der Waals surface area contributed by atoms with E-state index < -0.39 is 15.6 Å². The fraction of sp³-hybridized carbons (Fsp3) is 0.417. The van der Waals surface area contributed by atoms with Gasteiger partial charge in [-0.1, -0.05) is 19.9 Å². The van der Waals surface area contributed by atoms with Crippen molar-refractivity contribution < 1.29 is 9.00 Å². The minimum Gasteiger partial charge on any atom is -0.278 e. The summed E-state index contributed by atoms with van der Waals surface area (Å²) in [6.07, 6.45) is 1.38. The number of hydrogen-bond donors (Lipinski definition) is 1. The van der Waals surface area contributed by atoms with E-state index in [-0.39, 0.29) is 5.92 Å². The number of amides is 1. The van der Waals surface area contributed by atoms with Crippen LogP contribution in [0.2, 0.25) is 0 Å². The van der Waals surface area contributed by atoms with Crippen LogP contribution in [0.1, 0.15) is 41.5 Å². The summed E-state index contributed by atoms with van der Waals surface area (Å²) in [7, 11) is -2.56. The molecule has 4 nitrogen and oxygen atoms in total. The molecule has 1 atom stereocenters. The molecule has 0 saturated carbocycles. The van der Waals surface area contributed by atoms with Crippen LogP contribution < -0.4 is 4.72 Å². The molecule has 0 aliphatic carbocycles. The Labute approximate surface area is 103 Å². The number of aromatic nitrogens is 1. The van der Waals surface area contributed by atoms with Crippen molar-refractivity contribution in [2.75, 3.05) is 6.26 Å².